The molecule has 0 spiro atoms. The second kappa shape index (κ2) is 3.92. The lowest BCUT2D eigenvalue weighted by Crippen LogP contribution is -2.32. The highest BCUT2D eigenvalue weighted by atomic mass is 79.9. The molecule has 0 saturated heterocycles. The average Bonchev–Trinajstić information content (AvgIpc) is 2.02. The molecule has 2 nitrogen and oxygen atoms in total. The van der Waals surface area contributed by atoms with Gasteiger partial charge in [-0.15, -0.1) is 0 Å². The highest BCUT2D eigenvalue weighted by molar-refractivity contribution is 9.10. The highest BCUT2D eigenvalue weighted by Gasteiger charge is 2.32. The van der Waals surface area contributed by atoms with Gasteiger partial charge in [0.1, 0.15) is 0 Å². The molecule has 0 aliphatic rings. The van der Waals surface area contributed by atoms with Crippen molar-refractivity contribution >= 4 is 28.5 Å². The number of halogens is 4. The van der Waals surface area contributed by atoms with Gasteiger partial charge in [-0.2, -0.15) is 13.2 Å². The van der Waals surface area contributed by atoms with Crippen LogP contribution < -0.4 is 5.46 Å². The van der Waals surface area contributed by atoms with Gasteiger partial charge in [0, 0.05) is 4.47 Å². The van der Waals surface area contributed by atoms with Gasteiger partial charge in [-0.25, -0.2) is 0 Å². The number of hydrogen-bond donors (Lipinski definition) is 2. The van der Waals surface area contributed by atoms with Crippen LogP contribution in [0, 0.1) is 0 Å². The highest BCUT2D eigenvalue weighted by Crippen LogP contribution is 2.29. The zero-order chi connectivity index (χ0) is 10.9. The van der Waals surface area contributed by atoms with Crippen LogP contribution in [0.4, 0.5) is 13.2 Å². The summed E-state index contributed by atoms with van der Waals surface area (Å²) in [5, 5.41) is 17.5. The van der Waals surface area contributed by atoms with Gasteiger partial charge in [0.2, 0.25) is 0 Å². The molecule has 0 aliphatic heterocycles. The topological polar surface area (TPSA) is 40.5 Å². The van der Waals surface area contributed by atoms with Crippen LogP contribution in [0.25, 0.3) is 0 Å². The zero-order valence-electron chi connectivity index (χ0n) is 6.72. The number of benzene rings is 1. The summed E-state index contributed by atoms with van der Waals surface area (Å²) in [6.07, 6.45) is -4.48. The van der Waals surface area contributed by atoms with Gasteiger partial charge in [0.25, 0.3) is 0 Å². The lowest BCUT2D eigenvalue weighted by atomic mass is 9.79. The average molecular weight is 269 g/mol. The molecule has 0 aromatic heterocycles. The summed E-state index contributed by atoms with van der Waals surface area (Å²) in [4.78, 5) is 0. The van der Waals surface area contributed by atoms with Gasteiger partial charge in [-0.3, -0.25) is 0 Å². The fourth-order valence-corrected chi connectivity index (χ4v) is 1.37. The molecule has 0 bridgehead atoms. The van der Waals surface area contributed by atoms with Crippen LogP contribution in [0.3, 0.4) is 0 Å². The zero-order valence-corrected chi connectivity index (χ0v) is 8.30. The minimum absolute atomic E-state index is 0.208. The second-order valence-electron chi connectivity index (χ2n) is 2.61. The lowest BCUT2D eigenvalue weighted by Gasteiger charge is -2.09. The minimum Gasteiger partial charge on any atom is -0.423 e. The quantitative estimate of drug-likeness (QED) is 0.750. The molecule has 0 radical (unpaired) electrons. The van der Waals surface area contributed by atoms with Gasteiger partial charge in [-0.1, -0.05) is 15.9 Å². The Morgan fingerprint density at radius 1 is 1.21 bits per heavy atom. The Labute approximate surface area is 86.6 Å². The Kier molecular flexibility index (Phi) is 3.23. The Morgan fingerprint density at radius 2 is 1.79 bits per heavy atom. The van der Waals surface area contributed by atoms with E-state index in [9.17, 15) is 13.2 Å². The van der Waals surface area contributed by atoms with E-state index in [4.69, 9.17) is 10.0 Å². The van der Waals surface area contributed by atoms with Gasteiger partial charge < -0.3 is 10.0 Å². The summed E-state index contributed by atoms with van der Waals surface area (Å²) in [5.41, 5.74) is -1.12. The number of alkyl halides is 3. The maximum atomic E-state index is 12.2. The normalized spacial score (nSPS) is 11.6. The summed E-state index contributed by atoms with van der Waals surface area (Å²) in [7, 11) is -1.92. The Bertz CT molecular complexity index is 340. The molecule has 0 unspecified atom stereocenters. The molecule has 0 saturated carbocycles. The predicted molar refractivity (Wildman–Crippen MR) is 49.0 cm³/mol. The van der Waals surface area contributed by atoms with Crippen LogP contribution in [0.15, 0.2) is 22.7 Å². The Morgan fingerprint density at radius 3 is 2.21 bits per heavy atom. The van der Waals surface area contributed by atoms with Crippen molar-refractivity contribution in [1.29, 1.82) is 0 Å². The van der Waals surface area contributed by atoms with E-state index < -0.39 is 18.9 Å². The number of hydrogen-bond acceptors (Lipinski definition) is 2. The Balaban J connectivity index is 3.20. The van der Waals surface area contributed by atoms with Crippen molar-refractivity contribution in [3.63, 3.8) is 0 Å². The van der Waals surface area contributed by atoms with Gasteiger partial charge in [0.15, 0.2) is 0 Å². The van der Waals surface area contributed by atoms with E-state index >= 15 is 0 Å². The van der Waals surface area contributed by atoms with E-state index in [1.807, 2.05) is 0 Å². The molecule has 1 rings (SSSR count). The molecule has 1 aromatic carbocycles. The van der Waals surface area contributed by atoms with E-state index in [-0.39, 0.29) is 9.94 Å². The van der Waals surface area contributed by atoms with Gasteiger partial charge >= 0.3 is 13.3 Å². The van der Waals surface area contributed by atoms with Crippen LogP contribution in [0.2, 0.25) is 0 Å². The molecule has 0 fully saturated rings. The molecule has 0 aliphatic carbocycles. The third kappa shape index (κ3) is 2.49. The SMILES string of the molecule is OB(O)c1cc(C(F)(F)F)ccc1Br. The van der Waals surface area contributed by atoms with Crippen molar-refractivity contribution in [1.82, 2.24) is 0 Å². The summed E-state index contributed by atoms with van der Waals surface area (Å²) in [6.45, 7) is 0. The largest absolute Gasteiger partial charge is 0.489 e. The van der Waals surface area contributed by atoms with Crippen LogP contribution in [0.5, 0.6) is 0 Å². The van der Waals surface area contributed by atoms with Gasteiger partial charge in [0.05, 0.1) is 5.56 Å². The third-order valence-electron chi connectivity index (χ3n) is 1.60. The first-order chi connectivity index (χ1) is 6.32. The van der Waals surface area contributed by atoms with Crippen LogP contribution in [-0.4, -0.2) is 17.2 Å². The first kappa shape index (κ1) is 11.5. The fourth-order valence-electron chi connectivity index (χ4n) is 0.918. The van der Waals surface area contributed by atoms with Crippen molar-refractivity contribution in [3.8, 4) is 0 Å². The van der Waals surface area contributed by atoms with Crippen molar-refractivity contribution in [2.75, 3.05) is 0 Å². The third-order valence-corrected chi connectivity index (χ3v) is 2.32. The smallest absolute Gasteiger partial charge is 0.423 e. The van der Waals surface area contributed by atoms with E-state index in [0.717, 1.165) is 12.1 Å². The summed E-state index contributed by atoms with van der Waals surface area (Å²) >= 11 is 2.91. The van der Waals surface area contributed by atoms with Crippen LogP contribution in [-0.2, 0) is 6.18 Å². The van der Waals surface area contributed by atoms with Crippen molar-refractivity contribution in [2.45, 2.75) is 6.18 Å². The van der Waals surface area contributed by atoms with E-state index in [1.54, 1.807) is 0 Å². The van der Waals surface area contributed by atoms with E-state index in [0.29, 0.717) is 6.07 Å². The molecule has 1 aromatic rings. The molecule has 7 heteroatoms. The fraction of sp³-hybridized carbons (Fsp3) is 0.143. The molecular weight excluding hydrogens is 264 g/mol. The summed E-state index contributed by atoms with van der Waals surface area (Å²) < 4.78 is 36.8. The summed E-state index contributed by atoms with van der Waals surface area (Å²) in [5.74, 6) is 0. The maximum Gasteiger partial charge on any atom is 0.489 e. The molecule has 2 N–H and O–H groups in total. The maximum absolute atomic E-state index is 12.2. The molecule has 0 amide bonds. The standard InChI is InChI=1S/C7H5BBrF3O2/c9-6-2-1-4(7(10,11)12)3-5(6)8(13)14/h1-3,13-14H. The Hall–Kier alpha value is -0.525. The van der Waals surface area contributed by atoms with Crippen molar-refractivity contribution < 1.29 is 23.2 Å². The van der Waals surface area contributed by atoms with Crippen LogP contribution in [0.1, 0.15) is 5.56 Å². The van der Waals surface area contributed by atoms with Crippen molar-refractivity contribution in [3.05, 3.63) is 28.2 Å². The van der Waals surface area contributed by atoms with Crippen molar-refractivity contribution in [2.24, 2.45) is 0 Å². The summed E-state index contributed by atoms with van der Waals surface area (Å²) in [6, 6.07) is 2.67. The molecule has 0 heterocycles. The van der Waals surface area contributed by atoms with Crippen LogP contribution >= 0.6 is 15.9 Å². The second-order valence-corrected chi connectivity index (χ2v) is 3.46. The first-order valence-electron chi connectivity index (χ1n) is 3.55. The van der Waals surface area contributed by atoms with E-state index in [2.05, 4.69) is 15.9 Å². The predicted octanol–water partition coefficient (Wildman–Crippen LogP) is 1.15. The number of rotatable bonds is 1. The van der Waals surface area contributed by atoms with E-state index in [1.165, 1.54) is 0 Å². The minimum atomic E-state index is -4.48. The monoisotopic (exact) mass is 268 g/mol. The molecule has 76 valence electrons. The molecular formula is C7H5BBrF3O2. The molecule has 0 atom stereocenters. The molecule has 14 heavy (non-hydrogen) atoms. The first-order valence-corrected chi connectivity index (χ1v) is 4.34. The lowest BCUT2D eigenvalue weighted by molar-refractivity contribution is -0.137. The van der Waals surface area contributed by atoms with Gasteiger partial charge in [-0.05, 0) is 23.7 Å².